The number of benzene rings is 2. The number of aryl methyl sites for hydroxylation is 1. The molecule has 3 aromatic rings. The number of nitrogens with zero attached hydrogens (tertiary/aromatic N) is 3. The maximum Gasteiger partial charge on any atom is 0.389 e. The van der Waals surface area contributed by atoms with E-state index < -0.39 is 10.8 Å². The number of rotatable bonds is 6. The van der Waals surface area contributed by atoms with Crippen LogP contribution in [0.3, 0.4) is 0 Å². The molecular formula is C19H17N5O4. The van der Waals surface area contributed by atoms with Gasteiger partial charge in [0.2, 0.25) is 5.91 Å². The number of anilines is 2. The zero-order valence-electron chi connectivity index (χ0n) is 15.0. The normalized spacial score (nSPS) is 10.3. The highest BCUT2D eigenvalue weighted by molar-refractivity contribution is 6.05. The lowest BCUT2D eigenvalue weighted by molar-refractivity contribution is -0.389. The van der Waals surface area contributed by atoms with Crippen LogP contribution in [0.2, 0.25) is 0 Å². The molecule has 2 amide bonds. The second kappa shape index (κ2) is 8.12. The molecule has 2 aromatic carbocycles. The molecule has 3 rings (SSSR count). The van der Waals surface area contributed by atoms with E-state index in [1.807, 2.05) is 18.2 Å². The van der Waals surface area contributed by atoms with Gasteiger partial charge in [-0.3, -0.25) is 9.59 Å². The standard InChI is InChI=1S/C19H17N5O4/c1-13-7-8-14(19(26)20-15-5-3-2-4-6-15)11-16(13)21-18(25)12-23-10-9-17(22-23)24(27)28/h2-11H,12H2,1H3,(H,20,26)(H,21,25). The van der Waals surface area contributed by atoms with Crippen molar-refractivity contribution >= 4 is 29.0 Å². The molecule has 0 saturated heterocycles. The Kier molecular flexibility index (Phi) is 5.45. The van der Waals surface area contributed by atoms with Gasteiger partial charge in [0.25, 0.3) is 5.91 Å². The van der Waals surface area contributed by atoms with E-state index in [4.69, 9.17) is 0 Å². The summed E-state index contributed by atoms with van der Waals surface area (Å²) in [4.78, 5) is 34.7. The smallest absolute Gasteiger partial charge is 0.358 e. The van der Waals surface area contributed by atoms with Crippen LogP contribution in [0.25, 0.3) is 0 Å². The predicted octanol–water partition coefficient (Wildman–Crippen LogP) is 2.99. The first-order valence-corrected chi connectivity index (χ1v) is 8.37. The molecule has 2 N–H and O–H groups in total. The summed E-state index contributed by atoms with van der Waals surface area (Å²) >= 11 is 0. The van der Waals surface area contributed by atoms with Crippen LogP contribution in [0, 0.1) is 17.0 Å². The highest BCUT2D eigenvalue weighted by atomic mass is 16.6. The van der Waals surface area contributed by atoms with Gasteiger partial charge in [-0.25, -0.2) is 0 Å². The van der Waals surface area contributed by atoms with Gasteiger partial charge < -0.3 is 20.7 Å². The summed E-state index contributed by atoms with van der Waals surface area (Å²) in [6, 6.07) is 15.2. The first kappa shape index (κ1) is 18.8. The van der Waals surface area contributed by atoms with Gasteiger partial charge in [-0.05, 0) is 41.7 Å². The Bertz CT molecular complexity index is 1030. The molecule has 1 aromatic heterocycles. The summed E-state index contributed by atoms with van der Waals surface area (Å²) in [7, 11) is 0. The third-order valence-corrected chi connectivity index (χ3v) is 3.92. The van der Waals surface area contributed by atoms with Gasteiger partial charge in [0.15, 0.2) is 0 Å². The summed E-state index contributed by atoms with van der Waals surface area (Å²) in [6.07, 6.45) is 1.36. The number of nitro groups is 1. The maximum atomic E-state index is 12.4. The predicted molar refractivity (Wildman–Crippen MR) is 103 cm³/mol. The largest absolute Gasteiger partial charge is 0.389 e. The van der Waals surface area contributed by atoms with Crippen molar-refractivity contribution in [2.24, 2.45) is 0 Å². The van der Waals surface area contributed by atoms with Crippen molar-refractivity contribution < 1.29 is 14.5 Å². The summed E-state index contributed by atoms with van der Waals surface area (Å²) in [5, 5.41) is 19.8. The van der Waals surface area contributed by atoms with Crippen molar-refractivity contribution in [2.75, 3.05) is 10.6 Å². The molecule has 9 heteroatoms. The van der Waals surface area contributed by atoms with Crippen LogP contribution in [0.15, 0.2) is 60.8 Å². The van der Waals surface area contributed by atoms with E-state index >= 15 is 0 Å². The number of amides is 2. The third kappa shape index (κ3) is 4.58. The van der Waals surface area contributed by atoms with E-state index in [0.29, 0.717) is 16.9 Å². The van der Waals surface area contributed by atoms with Gasteiger partial charge in [-0.15, -0.1) is 0 Å². The molecule has 0 aliphatic rings. The fourth-order valence-electron chi connectivity index (χ4n) is 2.50. The fourth-order valence-corrected chi connectivity index (χ4v) is 2.50. The summed E-state index contributed by atoms with van der Waals surface area (Å²) in [6.45, 7) is 1.61. The number of aromatic nitrogens is 2. The highest BCUT2D eigenvalue weighted by Crippen LogP contribution is 2.18. The number of carbonyl (C=O) groups excluding carboxylic acids is 2. The molecule has 9 nitrogen and oxygen atoms in total. The van der Waals surface area contributed by atoms with E-state index in [-0.39, 0.29) is 18.3 Å². The Labute approximate surface area is 160 Å². The SMILES string of the molecule is Cc1ccc(C(=O)Nc2ccccc2)cc1NC(=O)Cn1ccc([N+](=O)[O-])n1. The van der Waals surface area contributed by atoms with Crippen LogP contribution < -0.4 is 10.6 Å². The third-order valence-electron chi connectivity index (χ3n) is 3.92. The molecule has 0 aliphatic carbocycles. The molecule has 0 unspecified atom stereocenters. The lowest BCUT2D eigenvalue weighted by atomic mass is 10.1. The molecule has 142 valence electrons. The number of hydrogen-bond acceptors (Lipinski definition) is 5. The van der Waals surface area contributed by atoms with Crippen LogP contribution in [0.5, 0.6) is 0 Å². The zero-order chi connectivity index (χ0) is 20.1. The van der Waals surface area contributed by atoms with Gasteiger partial charge in [0.05, 0.1) is 17.4 Å². The topological polar surface area (TPSA) is 119 Å². The molecule has 0 spiro atoms. The van der Waals surface area contributed by atoms with E-state index in [2.05, 4.69) is 15.7 Å². The van der Waals surface area contributed by atoms with Gasteiger partial charge in [0.1, 0.15) is 6.54 Å². The number of nitrogens with one attached hydrogen (secondary N) is 2. The molecule has 0 aliphatic heterocycles. The Morgan fingerprint density at radius 3 is 2.54 bits per heavy atom. The van der Waals surface area contributed by atoms with Gasteiger partial charge >= 0.3 is 5.82 Å². The second-order valence-electron chi connectivity index (χ2n) is 6.03. The lowest BCUT2D eigenvalue weighted by Crippen LogP contribution is -2.20. The minimum absolute atomic E-state index is 0.187. The molecular weight excluding hydrogens is 362 g/mol. The molecule has 0 bridgehead atoms. The van der Waals surface area contributed by atoms with Crippen molar-refractivity contribution in [2.45, 2.75) is 13.5 Å². The molecule has 1 heterocycles. The van der Waals surface area contributed by atoms with Crippen molar-refractivity contribution in [1.82, 2.24) is 9.78 Å². The van der Waals surface area contributed by atoms with E-state index in [1.54, 1.807) is 37.3 Å². The fraction of sp³-hybridized carbons (Fsp3) is 0.105. The summed E-state index contributed by atoms with van der Waals surface area (Å²) < 4.78 is 1.18. The van der Waals surface area contributed by atoms with E-state index in [0.717, 1.165) is 5.56 Å². The van der Waals surface area contributed by atoms with Crippen molar-refractivity contribution in [1.29, 1.82) is 0 Å². The minimum atomic E-state index is -0.632. The van der Waals surface area contributed by atoms with Crippen LogP contribution in [-0.2, 0) is 11.3 Å². The number of para-hydroxylation sites is 1. The first-order valence-electron chi connectivity index (χ1n) is 8.37. The highest BCUT2D eigenvalue weighted by Gasteiger charge is 2.15. The molecule has 0 fully saturated rings. The Morgan fingerprint density at radius 1 is 1.11 bits per heavy atom. The molecule has 0 radical (unpaired) electrons. The van der Waals surface area contributed by atoms with Crippen LogP contribution >= 0.6 is 0 Å². The minimum Gasteiger partial charge on any atom is -0.358 e. The average Bonchev–Trinajstić information content (AvgIpc) is 3.13. The lowest BCUT2D eigenvalue weighted by Gasteiger charge is -2.11. The van der Waals surface area contributed by atoms with Gasteiger partial charge in [0, 0.05) is 16.9 Å². The van der Waals surface area contributed by atoms with Crippen LogP contribution in [0.1, 0.15) is 15.9 Å². The monoisotopic (exact) mass is 379 g/mol. The van der Waals surface area contributed by atoms with E-state index in [9.17, 15) is 19.7 Å². The molecule has 0 atom stereocenters. The summed E-state index contributed by atoms with van der Waals surface area (Å²) in [5.41, 5.74) is 2.31. The summed E-state index contributed by atoms with van der Waals surface area (Å²) in [5.74, 6) is -1.05. The van der Waals surface area contributed by atoms with Gasteiger partial charge in [-0.1, -0.05) is 24.3 Å². The zero-order valence-corrected chi connectivity index (χ0v) is 15.0. The number of carbonyl (C=O) groups is 2. The number of hydrogen-bond donors (Lipinski definition) is 2. The quantitative estimate of drug-likeness (QED) is 0.504. The van der Waals surface area contributed by atoms with E-state index in [1.165, 1.54) is 16.9 Å². The van der Waals surface area contributed by atoms with Crippen LogP contribution in [0.4, 0.5) is 17.2 Å². The first-order chi connectivity index (χ1) is 13.4. The van der Waals surface area contributed by atoms with Gasteiger partial charge in [-0.2, -0.15) is 4.68 Å². The van der Waals surface area contributed by atoms with Crippen molar-refractivity contribution in [3.63, 3.8) is 0 Å². The van der Waals surface area contributed by atoms with Crippen molar-refractivity contribution in [3.05, 3.63) is 82.0 Å². The van der Waals surface area contributed by atoms with Crippen molar-refractivity contribution in [3.8, 4) is 0 Å². The Balaban J connectivity index is 1.69. The second-order valence-corrected chi connectivity index (χ2v) is 6.03. The average molecular weight is 379 g/mol. The molecule has 28 heavy (non-hydrogen) atoms. The Hall–Kier alpha value is -4.01. The Morgan fingerprint density at radius 2 is 1.86 bits per heavy atom. The van der Waals surface area contributed by atoms with Crippen LogP contribution in [-0.4, -0.2) is 26.5 Å². The molecule has 0 saturated carbocycles. The maximum absolute atomic E-state index is 12.4.